The fourth-order valence-electron chi connectivity index (χ4n) is 2.45. The number of nitrogens with one attached hydrogen (secondary N) is 1. The van der Waals surface area contributed by atoms with Crippen LogP contribution in [-0.4, -0.2) is 51.0 Å². The molecule has 0 heterocycles. The predicted octanol–water partition coefficient (Wildman–Crippen LogP) is -2.45. The molecular weight excluding hydrogens is 352 g/mol. The van der Waals surface area contributed by atoms with Gasteiger partial charge in [-0.2, -0.15) is 0 Å². The lowest BCUT2D eigenvalue weighted by molar-refractivity contribution is -0.384. The van der Waals surface area contributed by atoms with Gasteiger partial charge in [0.1, 0.15) is 0 Å². The molecule has 0 saturated heterocycles. The Labute approximate surface area is 152 Å². The topological polar surface area (TPSA) is 125 Å². The van der Waals surface area contributed by atoms with E-state index < -0.39 is 10.8 Å². The molecule has 1 rings (SSSR count). The van der Waals surface area contributed by atoms with E-state index in [1.807, 2.05) is 14.1 Å². The third-order valence-corrected chi connectivity index (χ3v) is 3.81. The summed E-state index contributed by atoms with van der Waals surface area (Å²) in [5, 5.41) is 13.6. The number of amides is 2. The van der Waals surface area contributed by atoms with Gasteiger partial charge in [-0.25, -0.2) is 0 Å². The Morgan fingerprint density at radius 3 is 2.60 bits per heavy atom. The largest absolute Gasteiger partial charge is 1.00 e. The first-order valence-corrected chi connectivity index (χ1v) is 7.35. The predicted molar refractivity (Wildman–Crippen MR) is 89.6 cm³/mol. The highest BCUT2D eigenvalue weighted by Crippen LogP contribution is 2.35. The summed E-state index contributed by atoms with van der Waals surface area (Å²) in [4.78, 5) is 32.3. The summed E-state index contributed by atoms with van der Waals surface area (Å²) in [6.45, 7) is 0.510. The van der Waals surface area contributed by atoms with Crippen molar-refractivity contribution in [3.8, 4) is 5.75 Å². The molecule has 0 bridgehead atoms. The van der Waals surface area contributed by atoms with Crippen molar-refractivity contribution in [1.82, 2.24) is 9.80 Å². The Balaban J connectivity index is 0.00000576. The molecule has 1 unspecified atom stereocenters. The van der Waals surface area contributed by atoms with Crippen molar-refractivity contribution in [2.24, 2.45) is 5.73 Å². The molecule has 0 fully saturated rings. The lowest BCUT2D eigenvalue weighted by Gasteiger charge is -2.31. The molecule has 25 heavy (non-hydrogen) atoms. The Kier molecular flexibility index (Phi) is 8.86. The van der Waals surface area contributed by atoms with Crippen molar-refractivity contribution < 1.29 is 31.7 Å². The van der Waals surface area contributed by atoms with Crippen LogP contribution in [0, 0.1) is 10.1 Å². The molecule has 2 amide bonds. The second-order valence-corrected chi connectivity index (χ2v) is 5.96. The minimum atomic E-state index is -0.507. The van der Waals surface area contributed by atoms with Gasteiger partial charge in [0.2, 0.25) is 12.3 Å². The molecule has 0 saturated carbocycles. The second-order valence-electron chi connectivity index (χ2n) is 5.96. The number of nitrogens with zero attached hydrogens (tertiary/aromatic N) is 2. The van der Waals surface area contributed by atoms with Crippen LogP contribution < -0.4 is 32.7 Å². The van der Waals surface area contributed by atoms with Gasteiger partial charge in [0, 0.05) is 24.9 Å². The number of non-ortho nitro benzene ring substituents is 1. The van der Waals surface area contributed by atoms with Crippen LogP contribution in [0.5, 0.6) is 5.75 Å². The van der Waals surface area contributed by atoms with E-state index in [0.29, 0.717) is 30.8 Å². The van der Waals surface area contributed by atoms with Crippen LogP contribution in [0.1, 0.15) is 12.8 Å². The van der Waals surface area contributed by atoms with Gasteiger partial charge in [-0.05, 0) is 6.07 Å². The number of nitro groups is 1. The minimum Gasteiger partial charge on any atom is -1.00 e. The zero-order chi connectivity index (χ0) is 18.3. The van der Waals surface area contributed by atoms with Gasteiger partial charge in [-0.15, -0.1) is 0 Å². The number of nitrogens with two attached hydrogens (primary N) is 1. The maximum atomic E-state index is 11.1. The number of hydrogen-bond donors (Lipinski definition) is 2. The van der Waals surface area contributed by atoms with Crippen LogP contribution in [0.2, 0.25) is 0 Å². The van der Waals surface area contributed by atoms with Gasteiger partial charge < -0.3 is 28.2 Å². The number of primary amides is 1. The van der Waals surface area contributed by atoms with Gasteiger partial charge in [0.25, 0.3) is 5.69 Å². The summed E-state index contributed by atoms with van der Waals surface area (Å²) in [5.74, 6) is 0.0213. The van der Waals surface area contributed by atoms with Gasteiger partial charge in [0.05, 0.1) is 38.7 Å². The van der Waals surface area contributed by atoms with Crippen LogP contribution in [0.15, 0.2) is 18.2 Å². The molecular formula is C15H23ClN4O5. The number of quaternary nitrogens is 1. The maximum absolute atomic E-state index is 11.1. The van der Waals surface area contributed by atoms with Crippen molar-refractivity contribution in [1.29, 1.82) is 0 Å². The first kappa shape index (κ1) is 22.6. The van der Waals surface area contributed by atoms with Crippen molar-refractivity contribution in [3.63, 3.8) is 0 Å². The lowest BCUT2D eigenvalue weighted by atomic mass is 10.1. The number of benzene rings is 1. The number of rotatable bonds is 10. The summed E-state index contributed by atoms with van der Waals surface area (Å²) in [6, 6.07) is 4.02. The summed E-state index contributed by atoms with van der Waals surface area (Å²) >= 11 is 0. The molecule has 3 N–H and O–H groups in total. The van der Waals surface area contributed by atoms with Crippen LogP contribution in [0.3, 0.4) is 0 Å². The molecule has 0 aromatic heterocycles. The maximum Gasteiger partial charge on any atom is 0.275 e. The highest BCUT2D eigenvalue weighted by atomic mass is 35.5. The van der Waals surface area contributed by atoms with Crippen molar-refractivity contribution in [2.45, 2.75) is 18.9 Å². The van der Waals surface area contributed by atoms with Gasteiger partial charge >= 0.3 is 0 Å². The molecule has 1 atom stereocenters. The number of carbonyl (C=O) groups is 2. The molecule has 0 radical (unpaired) electrons. The average molecular weight is 375 g/mol. The number of methoxy groups -OCH3 is 1. The van der Waals surface area contributed by atoms with Crippen molar-refractivity contribution >= 4 is 23.7 Å². The van der Waals surface area contributed by atoms with E-state index >= 15 is 0 Å². The van der Waals surface area contributed by atoms with Crippen LogP contribution in [0.25, 0.3) is 0 Å². The molecule has 0 spiro atoms. The third-order valence-electron chi connectivity index (χ3n) is 3.81. The minimum absolute atomic E-state index is 0. The molecule has 140 valence electrons. The molecule has 1 aromatic rings. The Morgan fingerprint density at radius 2 is 2.12 bits per heavy atom. The fourth-order valence-corrected chi connectivity index (χ4v) is 2.45. The molecule has 0 aliphatic rings. The van der Waals surface area contributed by atoms with E-state index in [1.165, 1.54) is 19.2 Å². The number of carbonyl (C=O) groups excluding carboxylic acids is 2. The summed E-state index contributed by atoms with van der Waals surface area (Å²) in [7, 11) is 5.22. The van der Waals surface area contributed by atoms with Crippen LogP contribution >= 0.6 is 0 Å². The van der Waals surface area contributed by atoms with Crippen LogP contribution in [-0.2, 0) is 9.59 Å². The molecule has 1 aromatic carbocycles. The van der Waals surface area contributed by atoms with Gasteiger partial charge in [-0.1, -0.05) is 0 Å². The first-order valence-electron chi connectivity index (χ1n) is 7.35. The number of hydrogen-bond acceptors (Lipinski definition) is 5. The Hall–Kier alpha value is -2.39. The summed E-state index contributed by atoms with van der Waals surface area (Å²) < 4.78 is 5.58. The van der Waals surface area contributed by atoms with E-state index in [2.05, 4.69) is 5.32 Å². The molecule has 0 aliphatic heterocycles. The van der Waals surface area contributed by atoms with Crippen molar-refractivity contribution in [3.05, 3.63) is 28.3 Å². The number of ether oxygens (including phenoxy) is 1. The highest BCUT2D eigenvalue weighted by Gasteiger charge is 2.28. The fraction of sp³-hybridized carbons (Fsp3) is 0.467. The normalized spacial score (nSPS) is 11.8. The monoisotopic (exact) mass is 374 g/mol. The summed E-state index contributed by atoms with van der Waals surface area (Å²) in [6.07, 6.45) is 1.03. The standard InChI is InChI=1S/C15H22N4O5.ClH/c1-19(2,7-6-11(17-10-20)8-15(16)21)13-9-12(18(22)23)4-5-14(13)24-3;/h4-5,9-11H,6-8H2,1-3H3,(H2-,16,17,20,21);1H. The SMILES string of the molecule is COc1ccc([N+](=O)[O-])cc1[N+](C)(C)CCC(CC(N)=O)NC=O.[Cl-]. The number of halogens is 1. The average Bonchev–Trinajstić information content (AvgIpc) is 2.51. The van der Waals surface area contributed by atoms with E-state index in [4.69, 9.17) is 10.5 Å². The molecule has 0 aliphatic carbocycles. The third kappa shape index (κ3) is 6.55. The zero-order valence-corrected chi connectivity index (χ0v) is 15.2. The second kappa shape index (κ2) is 9.80. The smallest absolute Gasteiger partial charge is 0.275 e. The van der Waals surface area contributed by atoms with E-state index in [9.17, 15) is 19.7 Å². The Morgan fingerprint density at radius 1 is 1.48 bits per heavy atom. The Bertz CT molecular complexity index is 624. The lowest BCUT2D eigenvalue weighted by Crippen LogP contribution is -3.00. The van der Waals surface area contributed by atoms with E-state index in [-0.39, 0.29) is 35.0 Å². The molecule has 10 heteroatoms. The first-order chi connectivity index (χ1) is 11.2. The van der Waals surface area contributed by atoms with E-state index in [1.54, 1.807) is 6.07 Å². The zero-order valence-electron chi connectivity index (χ0n) is 14.4. The highest BCUT2D eigenvalue weighted by molar-refractivity contribution is 5.74. The van der Waals surface area contributed by atoms with Gasteiger partial charge in [-0.3, -0.25) is 24.2 Å². The molecule has 9 nitrogen and oxygen atoms in total. The van der Waals surface area contributed by atoms with Gasteiger partial charge in [0.15, 0.2) is 11.4 Å². The van der Waals surface area contributed by atoms with E-state index in [0.717, 1.165) is 0 Å². The van der Waals surface area contributed by atoms with Crippen molar-refractivity contribution in [2.75, 3.05) is 27.7 Å². The quantitative estimate of drug-likeness (QED) is 0.204. The van der Waals surface area contributed by atoms with Crippen LogP contribution in [0.4, 0.5) is 11.4 Å². The number of nitro benzene ring substituents is 1. The summed E-state index contributed by atoms with van der Waals surface area (Å²) in [5.41, 5.74) is 5.78.